The highest BCUT2D eigenvalue weighted by molar-refractivity contribution is 5.85. The van der Waals surface area contributed by atoms with E-state index in [0.717, 1.165) is 11.3 Å². The highest BCUT2D eigenvalue weighted by atomic mass is 16.5. The lowest BCUT2D eigenvalue weighted by atomic mass is 9.89. The molecule has 2 atom stereocenters. The average Bonchev–Trinajstić information content (AvgIpc) is 2.46. The van der Waals surface area contributed by atoms with Crippen LogP contribution in [0.25, 0.3) is 0 Å². The largest absolute Gasteiger partial charge is 0.494 e. The summed E-state index contributed by atoms with van der Waals surface area (Å²) in [6, 6.07) is 6.34. The van der Waals surface area contributed by atoms with Gasteiger partial charge in [0.2, 0.25) is 0 Å². The van der Waals surface area contributed by atoms with E-state index in [2.05, 4.69) is 17.2 Å². The Hall–Kier alpha value is -2.50. The van der Waals surface area contributed by atoms with Gasteiger partial charge in [0.15, 0.2) is 0 Å². The monoisotopic (exact) mass is 318 g/mol. The van der Waals surface area contributed by atoms with E-state index >= 15 is 0 Å². The summed E-state index contributed by atoms with van der Waals surface area (Å²) in [7, 11) is 0. The van der Waals surface area contributed by atoms with Crippen LogP contribution >= 0.6 is 0 Å². The van der Waals surface area contributed by atoms with Gasteiger partial charge in [0, 0.05) is 5.70 Å². The number of hydrogen-bond acceptors (Lipinski definition) is 4. The van der Waals surface area contributed by atoms with Crippen molar-refractivity contribution in [3.05, 3.63) is 42.1 Å². The topological polar surface area (TPSA) is 76.7 Å². The van der Waals surface area contributed by atoms with Gasteiger partial charge < -0.3 is 20.1 Å². The molecular weight excluding hydrogens is 296 g/mol. The number of esters is 1. The highest BCUT2D eigenvalue weighted by Crippen LogP contribution is 2.31. The minimum atomic E-state index is -0.687. The number of benzene rings is 1. The van der Waals surface area contributed by atoms with Crippen LogP contribution in [0.4, 0.5) is 4.79 Å². The minimum Gasteiger partial charge on any atom is -0.494 e. The molecule has 0 radical (unpaired) electrons. The zero-order valence-corrected chi connectivity index (χ0v) is 13.6. The van der Waals surface area contributed by atoms with E-state index in [9.17, 15) is 9.59 Å². The zero-order chi connectivity index (χ0) is 17.0. The minimum absolute atomic E-state index is 0.242. The second kappa shape index (κ2) is 7.17. The van der Waals surface area contributed by atoms with Gasteiger partial charge in [0.1, 0.15) is 11.7 Å². The van der Waals surface area contributed by atoms with Crippen LogP contribution in [-0.4, -0.2) is 24.7 Å². The summed E-state index contributed by atoms with van der Waals surface area (Å²) in [6.45, 7) is 9.84. The Kier molecular flexibility index (Phi) is 5.26. The van der Waals surface area contributed by atoms with Crippen molar-refractivity contribution in [1.82, 2.24) is 10.6 Å². The van der Waals surface area contributed by atoms with E-state index in [1.807, 2.05) is 19.1 Å². The van der Waals surface area contributed by atoms with Gasteiger partial charge in [-0.25, -0.2) is 4.79 Å². The quantitative estimate of drug-likeness (QED) is 0.818. The summed E-state index contributed by atoms with van der Waals surface area (Å²) in [5.41, 5.74) is 1.12. The van der Waals surface area contributed by atoms with Crippen molar-refractivity contribution < 1.29 is 19.1 Å². The Bertz CT molecular complexity index is 595. The Morgan fingerprint density at radius 1 is 1.30 bits per heavy atom. The maximum absolute atomic E-state index is 12.4. The third-order valence-corrected chi connectivity index (χ3v) is 3.43. The molecule has 2 rings (SSSR count). The van der Waals surface area contributed by atoms with Gasteiger partial charge in [-0.1, -0.05) is 18.7 Å². The van der Waals surface area contributed by atoms with E-state index in [4.69, 9.17) is 9.47 Å². The Labute approximate surface area is 135 Å². The van der Waals surface area contributed by atoms with Crippen molar-refractivity contribution >= 4 is 12.0 Å². The van der Waals surface area contributed by atoms with Gasteiger partial charge in [-0.2, -0.15) is 0 Å². The van der Waals surface area contributed by atoms with Gasteiger partial charge in [0.05, 0.1) is 18.8 Å². The van der Waals surface area contributed by atoms with Gasteiger partial charge in [0.25, 0.3) is 0 Å². The molecule has 0 saturated carbocycles. The molecule has 2 amide bonds. The van der Waals surface area contributed by atoms with Crippen molar-refractivity contribution in [2.24, 2.45) is 5.92 Å². The molecule has 1 heterocycles. The van der Waals surface area contributed by atoms with Crippen LogP contribution < -0.4 is 15.4 Å². The number of carbonyl (C=O) groups is 2. The molecule has 1 aliphatic heterocycles. The number of nitrogens with one attached hydrogen (secondary N) is 2. The van der Waals surface area contributed by atoms with E-state index in [0.29, 0.717) is 12.3 Å². The second-order valence-electron chi connectivity index (χ2n) is 5.57. The molecule has 0 bridgehead atoms. The first-order chi connectivity index (χ1) is 10.9. The van der Waals surface area contributed by atoms with Crippen LogP contribution in [0, 0.1) is 5.92 Å². The SMILES string of the molecule is C=C1NC(=O)NC(c2ccc(OCC)cc2)C1C(=O)OC(C)C. The molecule has 1 aromatic rings. The molecule has 1 saturated heterocycles. The normalized spacial score (nSPS) is 20.7. The summed E-state index contributed by atoms with van der Waals surface area (Å²) in [5, 5.41) is 5.31. The molecule has 23 heavy (non-hydrogen) atoms. The zero-order valence-electron chi connectivity index (χ0n) is 13.6. The predicted octanol–water partition coefficient (Wildman–Crippen LogP) is 2.52. The lowest BCUT2D eigenvalue weighted by Gasteiger charge is -2.33. The van der Waals surface area contributed by atoms with Gasteiger partial charge >= 0.3 is 12.0 Å². The standard InChI is InChI=1S/C17H22N2O4/c1-5-22-13-8-6-12(7-9-13)15-14(16(20)23-10(2)3)11(4)18-17(21)19-15/h6-10,14-15H,4-5H2,1-3H3,(H2,18,19,21). The molecule has 6 nitrogen and oxygen atoms in total. The van der Waals surface area contributed by atoms with E-state index < -0.39 is 17.9 Å². The lowest BCUT2D eigenvalue weighted by molar-refractivity contribution is -0.152. The first-order valence-corrected chi connectivity index (χ1v) is 7.62. The van der Waals surface area contributed by atoms with Crippen LogP contribution in [0.15, 0.2) is 36.5 Å². The predicted molar refractivity (Wildman–Crippen MR) is 85.9 cm³/mol. The number of urea groups is 1. The Morgan fingerprint density at radius 3 is 2.52 bits per heavy atom. The number of carbonyl (C=O) groups excluding carboxylic acids is 2. The van der Waals surface area contributed by atoms with E-state index in [1.165, 1.54) is 0 Å². The molecule has 2 unspecified atom stereocenters. The van der Waals surface area contributed by atoms with Gasteiger partial charge in [-0.15, -0.1) is 0 Å². The maximum Gasteiger partial charge on any atom is 0.319 e. The molecule has 1 aliphatic rings. The maximum atomic E-state index is 12.4. The molecule has 6 heteroatoms. The molecule has 2 N–H and O–H groups in total. The first kappa shape index (κ1) is 16.9. The fourth-order valence-electron chi connectivity index (χ4n) is 2.48. The fraction of sp³-hybridized carbons (Fsp3) is 0.412. The smallest absolute Gasteiger partial charge is 0.319 e. The molecule has 124 valence electrons. The number of hydrogen-bond donors (Lipinski definition) is 2. The van der Waals surface area contributed by atoms with Crippen LogP contribution in [0.3, 0.4) is 0 Å². The van der Waals surface area contributed by atoms with Crippen molar-refractivity contribution in [3.8, 4) is 5.75 Å². The average molecular weight is 318 g/mol. The third-order valence-electron chi connectivity index (χ3n) is 3.43. The highest BCUT2D eigenvalue weighted by Gasteiger charge is 2.39. The van der Waals surface area contributed by atoms with Crippen molar-refractivity contribution in [1.29, 1.82) is 0 Å². The summed E-state index contributed by atoms with van der Waals surface area (Å²) in [6.07, 6.45) is -0.242. The summed E-state index contributed by atoms with van der Waals surface area (Å²) in [4.78, 5) is 24.1. The lowest BCUT2D eigenvalue weighted by Crippen LogP contribution is -2.51. The van der Waals surface area contributed by atoms with Crippen LogP contribution in [0.5, 0.6) is 5.75 Å². The van der Waals surface area contributed by atoms with Crippen LogP contribution in [-0.2, 0) is 9.53 Å². The van der Waals surface area contributed by atoms with Crippen molar-refractivity contribution in [3.63, 3.8) is 0 Å². The second-order valence-corrected chi connectivity index (χ2v) is 5.57. The van der Waals surface area contributed by atoms with E-state index in [1.54, 1.807) is 26.0 Å². The summed E-state index contributed by atoms with van der Waals surface area (Å²) < 4.78 is 10.7. The molecule has 0 aliphatic carbocycles. The molecule has 1 fully saturated rings. The van der Waals surface area contributed by atoms with Gasteiger partial charge in [-0.3, -0.25) is 4.79 Å². The van der Waals surface area contributed by atoms with Crippen LogP contribution in [0.1, 0.15) is 32.4 Å². The Morgan fingerprint density at radius 2 is 1.96 bits per heavy atom. The number of ether oxygens (including phenoxy) is 2. The Balaban J connectivity index is 2.28. The molecule has 0 aromatic heterocycles. The molecule has 0 spiro atoms. The van der Waals surface area contributed by atoms with Crippen molar-refractivity contribution in [2.45, 2.75) is 32.9 Å². The van der Waals surface area contributed by atoms with Crippen LogP contribution in [0.2, 0.25) is 0 Å². The third kappa shape index (κ3) is 4.03. The number of amides is 2. The first-order valence-electron chi connectivity index (χ1n) is 7.62. The fourth-order valence-corrected chi connectivity index (χ4v) is 2.48. The number of rotatable bonds is 5. The summed E-state index contributed by atoms with van der Waals surface area (Å²) in [5.74, 6) is -0.374. The molecular formula is C17H22N2O4. The summed E-state index contributed by atoms with van der Waals surface area (Å²) >= 11 is 0. The van der Waals surface area contributed by atoms with Crippen molar-refractivity contribution in [2.75, 3.05) is 6.61 Å². The molecule has 1 aromatic carbocycles. The van der Waals surface area contributed by atoms with Gasteiger partial charge in [-0.05, 0) is 38.5 Å². The van der Waals surface area contributed by atoms with E-state index in [-0.39, 0.29) is 12.1 Å².